The Morgan fingerprint density at radius 3 is 2.44 bits per heavy atom. The Labute approximate surface area is 146 Å². The highest BCUT2D eigenvalue weighted by molar-refractivity contribution is 5.95. The van der Waals surface area contributed by atoms with E-state index in [0.717, 1.165) is 5.56 Å². The van der Waals surface area contributed by atoms with Crippen LogP contribution in [0.3, 0.4) is 0 Å². The van der Waals surface area contributed by atoms with E-state index in [1.165, 1.54) is 0 Å². The zero-order valence-corrected chi connectivity index (χ0v) is 14.3. The van der Waals surface area contributed by atoms with Crippen LogP contribution in [-0.4, -0.2) is 35.3 Å². The number of H-pyrrole nitrogens is 1. The Hall–Kier alpha value is -3.07. The lowest BCUT2D eigenvalue weighted by Gasteiger charge is -2.04. The summed E-state index contributed by atoms with van der Waals surface area (Å²) in [7, 11) is 0. The fourth-order valence-electron chi connectivity index (χ4n) is 2.22. The maximum absolute atomic E-state index is 12.0. The first-order valence-corrected chi connectivity index (χ1v) is 8.12. The van der Waals surface area contributed by atoms with Crippen molar-refractivity contribution in [1.82, 2.24) is 10.2 Å². The lowest BCUT2D eigenvalue weighted by molar-refractivity contribution is 0.0513. The molecule has 0 amide bonds. The van der Waals surface area contributed by atoms with Crippen LogP contribution in [0.5, 0.6) is 0 Å². The Bertz CT molecular complexity index is 749. The molecule has 6 heteroatoms. The molecule has 0 saturated carbocycles. The normalized spacial score (nSPS) is 9.84. The van der Waals surface area contributed by atoms with E-state index in [1.54, 1.807) is 13.8 Å². The van der Waals surface area contributed by atoms with Crippen LogP contribution >= 0.6 is 0 Å². The molecule has 0 aliphatic heterocycles. The largest absolute Gasteiger partial charge is 0.461 e. The fraction of sp³-hybridized carbons (Fsp3) is 0.316. The van der Waals surface area contributed by atoms with Gasteiger partial charge in [-0.25, -0.2) is 9.59 Å². The monoisotopic (exact) mass is 340 g/mol. The summed E-state index contributed by atoms with van der Waals surface area (Å²) in [6.45, 7) is 3.89. The number of nitrogens with zero attached hydrogens (tertiary/aromatic N) is 1. The lowest BCUT2D eigenvalue weighted by Crippen LogP contribution is -2.11. The van der Waals surface area contributed by atoms with Gasteiger partial charge in [-0.15, -0.1) is 0 Å². The Morgan fingerprint density at radius 2 is 1.76 bits per heavy atom. The molecular weight excluding hydrogens is 320 g/mol. The highest BCUT2D eigenvalue weighted by atomic mass is 16.5. The summed E-state index contributed by atoms with van der Waals surface area (Å²) in [5.41, 5.74) is 1.66. The van der Waals surface area contributed by atoms with Crippen molar-refractivity contribution >= 4 is 11.9 Å². The molecule has 25 heavy (non-hydrogen) atoms. The van der Waals surface area contributed by atoms with E-state index in [-0.39, 0.29) is 24.6 Å². The van der Waals surface area contributed by atoms with Crippen molar-refractivity contribution in [3.63, 3.8) is 0 Å². The van der Waals surface area contributed by atoms with Crippen LogP contribution in [-0.2, 0) is 15.9 Å². The molecule has 2 rings (SSSR count). The number of hydrogen-bond acceptors (Lipinski definition) is 5. The maximum Gasteiger partial charge on any atom is 0.359 e. The van der Waals surface area contributed by atoms with Gasteiger partial charge in [0.1, 0.15) is 5.69 Å². The third kappa shape index (κ3) is 4.95. The van der Waals surface area contributed by atoms with E-state index in [0.29, 0.717) is 18.4 Å². The molecule has 6 nitrogen and oxygen atoms in total. The van der Waals surface area contributed by atoms with Gasteiger partial charge >= 0.3 is 11.9 Å². The number of esters is 2. The van der Waals surface area contributed by atoms with E-state index in [4.69, 9.17) is 9.47 Å². The number of ether oxygens (including phenoxy) is 2. The first-order chi connectivity index (χ1) is 12.2. The minimum Gasteiger partial charge on any atom is -0.461 e. The molecule has 0 unspecified atom stereocenters. The summed E-state index contributed by atoms with van der Waals surface area (Å²) in [6, 6.07) is 9.58. The summed E-state index contributed by atoms with van der Waals surface area (Å²) in [6.07, 6.45) is 0.853. The van der Waals surface area contributed by atoms with Crippen molar-refractivity contribution in [3.8, 4) is 11.8 Å². The van der Waals surface area contributed by atoms with Crippen LogP contribution in [0.15, 0.2) is 30.3 Å². The number of benzene rings is 1. The molecule has 0 aliphatic carbocycles. The molecule has 0 spiro atoms. The van der Waals surface area contributed by atoms with Crippen molar-refractivity contribution in [3.05, 3.63) is 52.8 Å². The third-order valence-electron chi connectivity index (χ3n) is 3.32. The van der Waals surface area contributed by atoms with Crippen LogP contribution in [0.25, 0.3) is 0 Å². The summed E-state index contributed by atoms with van der Waals surface area (Å²) in [4.78, 5) is 24.1. The highest BCUT2D eigenvalue weighted by Gasteiger charge is 2.24. The molecule has 1 N–H and O–H groups in total. The number of carbonyl (C=O) groups is 2. The van der Waals surface area contributed by atoms with Gasteiger partial charge in [-0.2, -0.15) is 5.10 Å². The molecular formula is C19H20N2O4. The molecule has 130 valence electrons. The first kappa shape index (κ1) is 18.3. The van der Waals surface area contributed by atoms with Gasteiger partial charge < -0.3 is 9.47 Å². The zero-order valence-electron chi connectivity index (χ0n) is 14.3. The molecule has 0 bridgehead atoms. The van der Waals surface area contributed by atoms with Gasteiger partial charge in [0.15, 0.2) is 5.69 Å². The summed E-state index contributed by atoms with van der Waals surface area (Å²) >= 11 is 0. The quantitative estimate of drug-likeness (QED) is 0.646. The van der Waals surface area contributed by atoms with Crippen LogP contribution in [0, 0.1) is 11.8 Å². The molecule has 0 atom stereocenters. The van der Waals surface area contributed by atoms with E-state index in [1.807, 2.05) is 30.3 Å². The molecule has 1 aromatic carbocycles. The van der Waals surface area contributed by atoms with Gasteiger partial charge in [-0.3, -0.25) is 5.10 Å². The van der Waals surface area contributed by atoms with Crippen molar-refractivity contribution in [2.24, 2.45) is 0 Å². The van der Waals surface area contributed by atoms with Crippen molar-refractivity contribution in [2.45, 2.75) is 26.7 Å². The molecule has 0 radical (unpaired) electrons. The Kier molecular flexibility index (Phi) is 6.78. The summed E-state index contributed by atoms with van der Waals surface area (Å²) in [5, 5.41) is 6.51. The molecule has 1 aromatic heterocycles. The number of rotatable bonds is 6. The number of aromatic nitrogens is 2. The predicted octanol–water partition coefficient (Wildman–Crippen LogP) is 2.75. The Morgan fingerprint density at radius 1 is 1.08 bits per heavy atom. The number of hydrogen-bond donors (Lipinski definition) is 1. The number of nitrogens with one attached hydrogen (secondary N) is 1. The third-order valence-corrected chi connectivity index (χ3v) is 3.32. The average molecular weight is 340 g/mol. The average Bonchev–Trinajstić information content (AvgIpc) is 3.04. The molecule has 0 saturated heterocycles. The van der Waals surface area contributed by atoms with Gasteiger partial charge in [0, 0.05) is 17.5 Å². The van der Waals surface area contributed by atoms with Gasteiger partial charge in [-0.1, -0.05) is 30.0 Å². The minimum atomic E-state index is -0.569. The molecule has 1 heterocycles. The topological polar surface area (TPSA) is 81.3 Å². The van der Waals surface area contributed by atoms with E-state index in [2.05, 4.69) is 22.0 Å². The molecule has 0 fully saturated rings. The smallest absolute Gasteiger partial charge is 0.359 e. The van der Waals surface area contributed by atoms with Gasteiger partial charge in [0.2, 0.25) is 0 Å². The van der Waals surface area contributed by atoms with Gasteiger partial charge in [-0.05, 0) is 32.4 Å². The van der Waals surface area contributed by atoms with Crippen molar-refractivity contribution in [2.75, 3.05) is 13.2 Å². The second-order valence-electron chi connectivity index (χ2n) is 5.03. The minimum absolute atomic E-state index is 0.103. The summed E-state index contributed by atoms with van der Waals surface area (Å²) in [5.74, 6) is 4.97. The lowest BCUT2D eigenvalue weighted by atomic mass is 10.1. The van der Waals surface area contributed by atoms with Crippen LogP contribution < -0.4 is 0 Å². The van der Waals surface area contributed by atoms with Crippen LogP contribution in [0.1, 0.15) is 52.4 Å². The summed E-state index contributed by atoms with van der Waals surface area (Å²) < 4.78 is 9.99. The second kappa shape index (κ2) is 9.28. The highest BCUT2D eigenvalue weighted by Crippen LogP contribution is 2.16. The maximum atomic E-state index is 12.0. The van der Waals surface area contributed by atoms with E-state index in [9.17, 15) is 9.59 Å². The van der Waals surface area contributed by atoms with Crippen LogP contribution in [0.2, 0.25) is 0 Å². The second-order valence-corrected chi connectivity index (χ2v) is 5.03. The van der Waals surface area contributed by atoms with E-state index >= 15 is 0 Å². The van der Waals surface area contributed by atoms with Crippen molar-refractivity contribution < 1.29 is 19.1 Å². The molecule has 0 aliphatic rings. The fourth-order valence-corrected chi connectivity index (χ4v) is 2.22. The van der Waals surface area contributed by atoms with Gasteiger partial charge in [0.05, 0.1) is 13.2 Å². The van der Waals surface area contributed by atoms with Crippen LogP contribution in [0.4, 0.5) is 0 Å². The predicted molar refractivity (Wildman–Crippen MR) is 92.1 cm³/mol. The van der Waals surface area contributed by atoms with Gasteiger partial charge in [0.25, 0.3) is 0 Å². The molecule has 2 aromatic rings. The van der Waals surface area contributed by atoms with E-state index < -0.39 is 11.9 Å². The Balaban J connectivity index is 2.18. The SMILES string of the molecule is CCOC(=O)c1n[nH]c(C(=O)OCC)c1CCC#Cc1ccccc1. The van der Waals surface area contributed by atoms with Crippen molar-refractivity contribution in [1.29, 1.82) is 0 Å². The first-order valence-electron chi connectivity index (χ1n) is 8.12. The standard InChI is InChI=1S/C19H20N2O4/c1-3-24-18(22)16-15(17(21-20-16)19(23)25-4-2)13-9-8-12-14-10-6-5-7-11-14/h5-7,10-11H,3-4,9,13H2,1-2H3,(H,20,21). The zero-order chi connectivity index (χ0) is 18.1. The number of aromatic amines is 1. The number of carbonyl (C=O) groups excluding carboxylic acids is 2.